The molecular weight excluding hydrogens is 232 g/mol. The molecule has 0 spiro atoms. The van der Waals surface area contributed by atoms with Gasteiger partial charge in [-0.05, 0) is 26.3 Å². The Morgan fingerprint density at radius 2 is 2.00 bits per heavy atom. The van der Waals surface area contributed by atoms with Crippen LogP contribution in [0.15, 0.2) is 0 Å². The summed E-state index contributed by atoms with van der Waals surface area (Å²) in [5.74, 6) is 0.658. The molecule has 1 unspecified atom stereocenters. The van der Waals surface area contributed by atoms with Gasteiger partial charge in [0.25, 0.3) is 0 Å². The van der Waals surface area contributed by atoms with Gasteiger partial charge >= 0.3 is 0 Å². The van der Waals surface area contributed by atoms with Crippen LogP contribution in [0.25, 0.3) is 0 Å². The average Bonchev–Trinajstić information content (AvgIpc) is 2.72. The number of nitrogens with zero attached hydrogens (tertiary/aromatic N) is 3. The summed E-state index contributed by atoms with van der Waals surface area (Å²) in [4.78, 5) is 2.33. The van der Waals surface area contributed by atoms with Crippen molar-refractivity contribution in [2.75, 3.05) is 18.9 Å². The van der Waals surface area contributed by atoms with E-state index in [1.807, 2.05) is 0 Å². The molecule has 1 rings (SSSR count). The number of aromatic nitrogens is 2. The Balaban J connectivity index is 2.48. The Bertz CT molecular complexity index is 324. The fourth-order valence-electron chi connectivity index (χ4n) is 1.49. The quantitative estimate of drug-likeness (QED) is 0.814. The summed E-state index contributed by atoms with van der Waals surface area (Å²) >= 11 is 1.66. The highest BCUT2D eigenvalue weighted by Crippen LogP contribution is 2.18. The van der Waals surface area contributed by atoms with Gasteiger partial charge in [-0.15, -0.1) is 10.2 Å². The molecule has 0 saturated heterocycles. The van der Waals surface area contributed by atoms with Crippen molar-refractivity contribution in [3.8, 4) is 0 Å². The maximum absolute atomic E-state index is 4.22. The van der Waals surface area contributed by atoms with E-state index in [1.165, 1.54) is 0 Å². The Labute approximate surface area is 108 Å². The summed E-state index contributed by atoms with van der Waals surface area (Å²) in [6.45, 7) is 10.7. The Hall–Kier alpha value is -0.680. The van der Waals surface area contributed by atoms with Crippen LogP contribution in [0.4, 0.5) is 5.13 Å². The molecule has 17 heavy (non-hydrogen) atoms. The number of nitrogens with one attached hydrogen (secondary N) is 1. The Kier molecular flexibility index (Phi) is 5.85. The predicted octanol–water partition coefficient (Wildman–Crippen LogP) is 2.84. The van der Waals surface area contributed by atoms with Crippen molar-refractivity contribution in [2.24, 2.45) is 5.92 Å². The van der Waals surface area contributed by atoms with Crippen LogP contribution in [0.5, 0.6) is 0 Å². The predicted molar refractivity (Wildman–Crippen MR) is 74.5 cm³/mol. The third-order valence-electron chi connectivity index (χ3n) is 3.04. The van der Waals surface area contributed by atoms with Crippen LogP contribution >= 0.6 is 11.3 Å². The second kappa shape index (κ2) is 6.91. The van der Waals surface area contributed by atoms with Crippen molar-refractivity contribution in [3.63, 3.8) is 0 Å². The van der Waals surface area contributed by atoms with E-state index in [4.69, 9.17) is 0 Å². The second-order valence-electron chi connectivity index (χ2n) is 4.83. The molecule has 1 N–H and O–H groups in total. The molecule has 0 amide bonds. The normalized spacial score (nSPS) is 13.4. The summed E-state index contributed by atoms with van der Waals surface area (Å²) in [6, 6.07) is 0.561. The highest BCUT2D eigenvalue weighted by molar-refractivity contribution is 7.15. The van der Waals surface area contributed by atoms with Crippen LogP contribution in [0.1, 0.15) is 39.1 Å². The summed E-state index contributed by atoms with van der Waals surface area (Å²) in [5.41, 5.74) is 0. The van der Waals surface area contributed by atoms with E-state index in [-0.39, 0.29) is 0 Å². The highest BCUT2D eigenvalue weighted by Gasteiger charge is 2.15. The van der Waals surface area contributed by atoms with Crippen molar-refractivity contribution in [2.45, 2.75) is 46.7 Å². The first-order chi connectivity index (χ1) is 8.04. The maximum Gasteiger partial charge on any atom is 0.205 e. The van der Waals surface area contributed by atoms with Crippen LogP contribution in [0.2, 0.25) is 0 Å². The lowest BCUT2D eigenvalue weighted by atomic mass is 10.1. The zero-order valence-electron chi connectivity index (χ0n) is 11.5. The first kappa shape index (κ1) is 14.4. The molecule has 1 aromatic rings. The van der Waals surface area contributed by atoms with Gasteiger partial charge in [-0.3, -0.25) is 4.90 Å². The molecule has 0 fully saturated rings. The van der Waals surface area contributed by atoms with Gasteiger partial charge in [-0.1, -0.05) is 32.1 Å². The number of hydrogen-bond acceptors (Lipinski definition) is 5. The van der Waals surface area contributed by atoms with Crippen molar-refractivity contribution < 1.29 is 0 Å². The van der Waals surface area contributed by atoms with Gasteiger partial charge in [0.15, 0.2) is 0 Å². The zero-order valence-corrected chi connectivity index (χ0v) is 12.3. The fourth-order valence-corrected chi connectivity index (χ4v) is 2.32. The van der Waals surface area contributed by atoms with Crippen LogP contribution in [-0.2, 0) is 6.54 Å². The molecule has 1 aromatic heterocycles. The monoisotopic (exact) mass is 256 g/mol. The molecule has 0 aliphatic rings. The van der Waals surface area contributed by atoms with Crippen molar-refractivity contribution in [1.82, 2.24) is 15.1 Å². The van der Waals surface area contributed by atoms with E-state index in [9.17, 15) is 0 Å². The molecule has 1 atom stereocenters. The van der Waals surface area contributed by atoms with Gasteiger partial charge in [-0.25, -0.2) is 0 Å². The summed E-state index contributed by atoms with van der Waals surface area (Å²) in [7, 11) is 2.14. The lowest BCUT2D eigenvalue weighted by Gasteiger charge is -2.26. The molecule has 0 aliphatic carbocycles. The van der Waals surface area contributed by atoms with E-state index >= 15 is 0 Å². The zero-order chi connectivity index (χ0) is 12.8. The minimum absolute atomic E-state index is 0.561. The molecule has 0 saturated carbocycles. The lowest BCUT2D eigenvalue weighted by molar-refractivity contribution is 0.200. The standard InChI is InChI=1S/C12H24N4S/c1-6-7-13-12-15-14-11(17-12)8-16(5)10(4)9(2)3/h9-10H,6-8H2,1-5H3,(H,13,15). The summed E-state index contributed by atoms with van der Waals surface area (Å²) < 4.78 is 0. The maximum atomic E-state index is 4.22. The molecule has 0 aliphatic heterocycles. The van der Waals surface area contributed by atoms with E-state index in [0.29, 0.717) is 12.0 Å². The molecule has 1 heterocycles. The molecular formula is C12H24N4S. The largest absolute Gasteiger partial charge is 0.360 e. The third kappa shape index (κ3) is 4.60. The minimum Gasteiger partial charge on any atom is -0.360 e. The third-order valence-corrected chi connectivity index (χ3v) is 3.90. The first-order valence-electron chi connectivity index (χ1n) is 6.31. The van der Waals surface area contributed by atoms with Crippen LogP contribution < -0.4 is 5.32 Å². The number of anilines is 1. The first-order valence-corrected chi connectivity index (χ1v) is 7.12. The van der Waals surface area contributed by atoms with Crippen molar-refractivity contribution in [1.29, 1.82) is 0 Å². The molecule has 0 radical (unpaired) electrons. The second-order valence-corrected chi connectivity index (χ2v) is 5.89. The number of rotatable bonds is 7. The number of hydrogen-bond donors (Lipinski definition) is 1. The molecule has 0 aromatic carbocycles. The lowest BCUT2D eigenvalue weighted by Crippen LogP contribution is -2.32. The summed E-state index contributed by atoms with van der Waals surface area (Å²) in [5, 5.41) is 13.6. The minimum atomic E-state index is 0.561. The van der Waals surface area contributed by atoms with E-state index < -0.39 is 0 Å². The van der Waals surface area contributed by atoms with Gasteiger partial charge in [0.2, 0.25) is 5.13 Å². The topological polar surface area (TPSA) is 41.1 Å². The highest BCUT2D eigenvalue weighted by atomic mass is 32.1. The molecule has 0 bridgehead atoms. The van der Waals surface area contributed by atoms with E-state index in [2.05, 4.69) is 55.2 Å². The van der Waals surface area contributed by atoms with E-state index in [1.54, 1.807) is 11.3 Å². The van der Waals surface area contributed by atoms with Gasteiger partial charge in [0, 0.05) is 12.6 Å². The Morgan fingerprint density at radius 1 is 1.29 bits per heavy atom. The van der Waals surface area contributed by atoms with Crippen molar-refractivity contribution >= 4 is 16.5 Å². The fraction of sp³-hybridized carbons (Fsp3) is 0.833. The molecule has 5 heteroatoms. The van der Waals surface area contributed by atoms with Crippen LogP contribution in [-0.4, -0.2) is 34.7 Å². The van der Waals surface area contributed by atoms with E-state index in [0.717, 1.165) is 29.6 Å². The molecule has 98 valence electrons. The Morgan fingerprint density at radius 3 is 2.59 bits per heavy atom. The SMILES string of the molecule is CCCNc1nnc(CN(C)C(C)C(C)C)s1. The van der Waals surface area contributed by atoms with Gasteiger partial charge < -0.3 is 5.32 Å². The molecule has 4 nitrogen and oxygen atoms in total. The van der Waals surface area contributed by atoms with Crippen molar-refractivity contribution in [3.05, 3.63) is 5.01 Å². The van der Waals surface area contributed by atoms with Crippen LogP contribution in [0, 0.1) is 5.92 Å². The summed E-state index contributed by atoms with van der Waals surface area (Å²) in [6.07, 6.45) is 1.11. The van der Waals surface area contributed by atoms with Gasteiger partial charge in [-0.2, -0.15) is 0 Å². The average molecular weight is 256 g/mol. The van der Waals surface area contributed by atoms with Crippen LogP contribution in [0.3, 0.4) is 0 Å². The van der Waals surface area contributed by atoms with Gasteiger partial charge in [0.1, 0.15) is 5.01 Å². The van der Waals surface area contributed by atoms with Gasteiger partial charge in [0.05, 0.1) is 6.54 Å². The smallest absolute Gasteiger partial charge is 0.205 e.